The summed E-state index contributed by atoms with van der Waals surface area (Å²) < 4.78 is 2.66. The van der Waals surface area contributed by atoms with E-state index in [-0.39, 0.29) is 11.3 Å². The maximum Gasteiger partial charge on any atom is 0.0714 e. The topological polar surface area (TPSA) is 3.24 Å². The van der Waals surface area contributed by atoms with Gasteiger partial charge < -0.3 is 4.90 Å². The van der Waals surface area contributed by atoms with Gasteiger partial charge in [0.15, 0.2) is 0 Å². The Hall–Kier alpha value is -7.26. The fourth-order valence-corrected chi connectivity index (χ4v) is 14.2. The molecule has 1 fully saturated rings. The van der Waals surface area contributed by atoms with E-state index in [0.717, 1.165) is 5.69 Å². The molecule has 0 N–H and O–H groups in total. The molecule has 0 saturated heterocycles. The number of benzene rings is 8. The molecule has 0 amide bonds. The van der Waals surface area contributed by atoms with E-state index in [4.69, 9.17) is 0 Å². The van der Waals surface area contributed by atoms with Crippen LogP contribution in [-0.2, 0) is 5.41 Å². The molecule has 1 heterocycles. The number of hydrogen-bond acceptors (Lipinski definition) is 2. The zero-order valence-corrected chi connectivity index (χ0v) is 39.3. The van der Waals surface area contributed by atoms with Crippen LogP contribution in [0.3, 0.4) is 0 Å². The summed E-state index contributed by atoms with van der Waals surface area (Å²) in [4.78, 5) is 2.61. The van der Waals surface area contributed by atoms with Crippen LogP contribution in [0.5, 0.6) is 0 Å². The molecule has 2 atom stereocenters. The van der Waals surface area contributed by atoms with Crippen LogP contribution in [-0.4, -0.2) is 0 Å². The Morgan fingerprint density at radius 1 is 0.529 bits per heavy atom. The second-order valence-electron chi connectivity index (χ2n) is 19.5. The van der Waals surface area contributed by atoms with Crippen LogP contribution in [0.1, 0.15) is 72.8 Å². The molecule has 2 unspecified atom stereocenters. The summed E-state index contributed by atoms with van der Waals surface area (Å²) in [6, 6.07) is 73.1. The van der Waals surface area contributed by atoms with E-state index in [0.29, 0.717) is 5.92 Å². The van der Waals surface area contributed by atoms with Gasteiger partial charge in [-0.15, -0.1) is 11.3 Å². The molecule has 9 aromatic rings. The average molecular weight is 892 g/mol. The summed E-state index contributed by atoms with van der Waals surface area (Å²) in [5, 5.41) is 2.65. The predicted octanol–water partition coefficient (Wildman–Crippen LogP) is 18.2. The summed E-state index contributed by atoms with van der Waals surface area (Å²) in [6.45, 7) is 2.55. The third-order valence-corrected chi connectivity index (χ3v) is 17.3. The molecular weight excluding hydrogens is 839 g/mol. The molecule has 4 aliphatic carbocycles. The number of anilines is 3. The van der Waals surface area contributed by atoms with Gasteiger partial charge in [-0.1, -0.05) is 232 Å². The van der Waals surface area contributed by atoms with Crippen molar-refractivity contribution in [3.05, 3.63) is 270 Å². The normalized spacial score (nSPS) is 19.3. The van der Waals surface area contributed by atoms with Crippen molar-refractivity contribution < 1.29 is 0 Å². The van der Waals surface area contributed by atoms with Crippen molar-refractivity contribution in [2.75, 3.05) is 4.90 Å². The number of rotatable bonds is 8. The highest BCUT2D eigenvalue weighted by Gasteiger charge is 2.49. The summed E-state index contributed by atoms with van der Waals surface area (Å²) in [5.74, 6) is 0.719. The maximum atomic E-state index is 2.61. The third kappa shape index (κ3) is 6.20. The molecule has 0 aliphatic heterocycles. The van der Waals surface area contributed by atoms with Gasteiger partial charge in [0.25, 0.3) is 0 Å². The molecule has 68 heavy (non-hydrogen) atoms. The first-order valence-electron chi connectivity index (χ1n) is 24.7. The predicted molar refractivity (Wildman–Crippen MR) is 289 cm³/mol. The summed E-state index contributed by atoms with van der Waals surface area (Å²) >= 11 is 1.90. The van der Waals surface area contributed by atoms with Gasteiger partial charge in [-0.25, -0.2) is 0 Å². The lowest BCUT2D eigenvalue weighted by Crippen LogP contribution is -2.36. The minimum atomic E-state index is -0.518. The Bertz CT molecular complexity index is 3470. The van der Waals surface area contributed by atoms with Crippen molar-refractivity contribution in [1.82, 2.24) is 0 Å². The van der Waals surface area contributed by atoms with Gasteiger partial charge in [0.05, 0.1) is 11.1 Å². The Morgan fingerprint density at radius 3 is 1.99 bits per heavy atom. The van der Waals surface area contributed by atoms with Crippen LogP contribution < -0.4 is 4.90 Å². The number of hydrogen-bond donors (Lipinski definition) is 0. The van der Waals surface area contributed by atoms with Gasteiger partial charge in [-0.05, 0) is 99.2 Å². The monoisotopic (exact) mass is 891 g/mol. The van der Waals surface area contributed by atoms with Crippen LogP contribution in [0.15, 0.2) is 242 Å². The quantitative estimate of drug-likeness (QED) is 0.147. The zero-order valence-electron chi connectivity index (χ0n) is 38.5. The number of fused-ring (bicyclic) bond motifs is 7. The third-order valence-electron chi connectivity index (χ3n) is 16.1. The highest BCUT2D eigenvalue weighted by molar-refractivity contribution is 7.26. The van der Waals surface area contributed by atoms with Crippen molar-refractivity contribution >= 4 is 48.6 Å². The van der Waals surface area contributed by atoms with Crippen molar-refractivity contribution in [2.24, 2.45) is 11.3 Å². The maximum absolute atomic E-state index is 2.61. The molecule has 8 aromatic carbocycles. The van der Waals surface area contributed by atoms with E-state index in [2.05, 4.69) is 242 Å². The fraction of sp³-hybridized carbons (Fsp3) is 0.152. The molecule has 328 valence electrons. The molecule has 0 spiro atoms. The first-order chi connectivity index (χ1) is 33.6. The number of thiophene rings is 1. The van der Waals surface area contributed by atoms with Crippen LogP contribution in [0.25, 0.3) is 42.4 Å². The average Bonchev–Trinajstić information content (AvgIpc) is 3.94. The molecule has 1 nitrogen and oxygen atoms in total. The van der Waals surface area contributed by atoms with Crippen molar-refractivity contribution in [1.29, 1.82) is 0 Å². The molecule has 0 bridgehead atoms. The van der Waals surface area contributed by atoms with Gasteiger partial charge in [-0.3, -0.25) is 0 Å². The molecule has 0 radical (unpaired) electrons. The Morgan fingerprint density at radius 2 is 1.18 bits per heavy atom. The largest absolute Gasteiger partial charge is 0.310 e. The minimum absolute atomic E-state index is 0.126. The molecule has 1 saturated carbocycles. The fourth-order valence-electron chi connectivity index (χ4n) is 13.0. The van der Waals surface area contributed by atoms with Gasteiger partial charge in [0, 0.05) is 48.4 Å². The van der Waals surface area contributed by atoms with E-state index < -0.39 is 5.41 Å². The van der Waals surface area contributed by atoms with Crippen molar-refractivity contribution in [2.45, 2.75) is 50.4 Å². The van der Waals surface area contributed by atoms with Crippen LogP contribution in [0.4, 0.5) is 17.1 Å². The van der Waals surface area contributed by atoms with E-state index in [9.17, 15) is 0 Å². The minimum Gasteiger partial charge on any atom is -0.310 e. The van der Waals surface area contributed by atoms with Gasteiger partial charge in [0.1, 0.15) is 0 Å². The second kappa shape index (κ2) is 16.5. The lowest BCUT2D eigenvalue weighted by molar-refractivity contribution is 0.317. The van der Waals surface area contributed by atoms with E-state index in [1.807, 2.05) is 11.3 Å². The molecule has 4 aliphatic rings. The van der Waals surface area contributed by atoms with Crippen molar-refractivity contribution in [3.8, 4) is 22.3 Å². The summed E-state index contributed by atoms with van der Waals surface area (Å²) in [7, 11) is 0. The molecule has 1 aromatic heterocycles. The van der Waals surface area contributed by atoms with Gasteiger partial charge in [0.2, 0.25) is 0 Å². The van der Waals surface area contributed by atoms with E-state index in [1.165, 1.54) is 119 Å². The van der Waals surface area contributed by atoms with E-state index in [1.54, 1.807) is 5.57 Å². The van der Waals surface area contributed by atoms with E-state index >= 15 is 0 Å². The first kappa shape index (κ1) is 41.0. The van der Waals surface area contributed by atoms with Crippen LogP contribution in [0.2, 0.25) is 0 Å². The number of nitrogens with zero attached hydrogens (tertiary/aromatic N) is 1. The highest BCUT2D eigenvalue weighted by atomic mass is 32.1. The molecule has 13 rings (SSSR count). The van der Waals surface area contributed by atoms with Crippen LogP contribution in [0, 0.1) is 11.3 Å². The molecule has 2 heteroatoms. The standard InChI is InChI=1S/C66H53NS/c1-65-47(27-17-35-56(65)46-21-5-2-6-22-46)28-18-36-57(65)54-30-12-15-38-60(54)67(50-43-41-45(42-44-50)51-32-19-33-53-52-29-13-16-40-62(52)68-64(51)53)61-39-20-37-59-63(61)55-31-11-14-34-58(55)66(59,48-23-7-3-8-24-48)49-25-9-4-10-26-49/h3-4,7-20,23-44,46,57H,2,5-6,21-22H2,1H3. The van der Waals surface area contributed by atoms with Gasteiger partial charge in [-0.2, -0.15) is 0 Å². The smallest absolute Gasteiger partial charge is 0.0714 e. The summed E-state index contributed by atoms with van der Waals surface area (Å²) in [5.41, 5.74) is 17.4. The first-order valence-corrected chi connectivity index (χ1v) is 25.5. The Balaban J connectivity index is 1.05. The number of allylic oxidation sites excluding steroid dienone is 8. The molecular formula is C66H53NS. The SMILES string of the molecule is CC12C(=CC=CC1c1ccccc1N(c1ccc(-c3cccc4c3sc3ccccc34)cc1)c1cccc3c1-c1ccccc1C3(c1ccccc1)c1ccccc1)C=CC=C2C1CCCCC1. The second-order valence-corrected chi connectivity index (χ2v) is 20.5. The Labute approximate surface area is 404 Å². The number of para-hydroxylation sites is 1. The highest BCUT2D eigenvalue weighted by Crippen LogP contribution is 2.62. The van der Waals surface area contributed by atoms with Crippen molar-refractivity contribution in [3.63, 3.8) is 0 Å². The lowest BCUT2D eigenvalue weighted by atomic mass is 9.57. The zero-order chi connectivity index (χ0) is 45.2. The van der Waals surface area contributed by atoms with Crippen LogP contribution >= 0.6 is 11.3 Å². The summed E-state index contributed by atoms with van der Waals surface area (Å²) in [6.07, 6.45) is 20.9. The van der Waals surface area contributed by atoms with Gasteiger partial charge >= 0.3 is 0 Å². The lowest BCUT2D eigenvalue weighted by Gasteiger charge is -2.47. The Kier molecular flexibility index (Phi) is 9.95.